The summed E-state index contributed by atoms with van der Waals surface area (Å²) in [5.41, 5.74) is 2.19. The molecule has 91 heavy (non-hydrogen) atoms. The standard InChI is InChI=1S/C75H150O10Si6/c1-50(2)38-37-39-51(3)56-42-43-57-55-41-40-53-48-54(44-46-74(53,23)58(55)45-47-75(56,57)24)78-66-64(63(84-90(33,34)72(17,18)19)61(82-88(29,30)70(11,12)13)59(79-66)49-76-86(25,26)68(5,6)7)80-67-65(85-91(35,36)73(20,21)22)62(83-89(31,32)71(14,15)16)60(52(4)77-67)81-87(27,28)69(8,9)10/h40,50-52,54-67H,37-39,41-49H2,1-36H3/t51-,52+,54+,55+,56-,57+,58+,59-,60+,61-,62-,63+,64-,65-,66-,67+,74+,75-/m1/s1. The van der Waals surface area contributed by atoms with Crippen LogP contribution in [0.4, 0.5) is 0 Å². The van der Waals surface area contributed by atoms with E-state index in [1.54, 1.807) is 5.57 Å². The minimum atomic E-state index is -2.66. The van der Waals surface area contributed by atoms with Gasteiger partial charge in [-0.1, -0.05) is 190 Å². The first-order chi connectivity index (χ1) is 40.8. The molecule has 534 valence electrons. The maximum Gasteiger partial charge on any atom is 0.192 e. The molecule has 2 saturated heterocycles. The zero-order valence-corrected chi connectivity index (χ0v) is 72.5. The highest BCUT2D eigenvalue weighted by Crippen LogP contribution is 2.68. The topological polar surface area (TPSA) is 92.3 Å². The highest BCUT2D eigenvalue weighted by molar-refractivity contribution is 6.76. The first-order valence-corrected chi connectivity index (χ1v) is 54.6. The lowest BCUT2D eigenvalue weighted by molar-refractivity contribution is -0.364. The maximum absolute atomic E-state index is 8.16. The first kappa shape index (κ1) is 80.6. The van der Waals surface area contributed by atoms with Gasteiger partial charge in [0.25, 0.3) is 0 Å². The molecular weight excluding hydrogens is 1230 g/mol. The Morgan fingerprint density at radius 1 is 0.484 bits per heavy atom. The minimum Gasteiger partial charge on any atom is -0.414 e. The summed E-state index contributed by atoms with van der Waals surface area (Å²) in [4.78, 5) is 0. The fourth-order valence-electron chi connectivity index (χ4n) is 15.3. The average Bonchev–Trinajstić information content (AvgIpc) is 1.71. The molecule has 0 amide bonds. The number of rotatable bonds is 22. The third kappa shape index (κ3) is 17.5. The van der Waals surface area contributed by atoms with E-state index in [-0.39, 0.29) is 41.7 Å². The zero-order chi connectivity index (χ0) is 69.7. The van der Waals surface area contributed by atoms with E-state index in [4.69, 9.17) is 45.5 Å². The van der Waals surface area contributed by atoms with E-state index in [9.17, 15) is 0 Å². The van der Waals surface area contributed by atoms with Crippen molar-refractivity contribution >= 4 is 49.9 Å². The van der Waals surface area contributed by atoms with E-state index >= 15 is 0 Å². The third-order valence-electron chi connectivity index (χ3n) is 27.8. The molecule has 4 aliphatic carbocycles. The van der Waals surface area contributed by atoms with E-state index < -0.39 is 111 Å². The van der Waals surface area contributed by atoms with Crippen LogP contribution in [0.5, 0.6) is 0 Å². The molecular formula is C75H150O10Si6. The van der Waals surface area contributed by atoms with Crippen molar-refractivity contribution in [3.8, 4) is 0 Å². The summed E-state index contributed by atoms with van der Waals surface area (Å²) >= 11 is 0. The van der Waals surface area contributed by atoms with E-state index in [1.807, 2.05) is 0 Å². The lowest BCUT2D eigenvalue weighted by atomic mass is 9.47. The molecule has 5 fully saturated rings. The van der Waals surface area contributed by atoms with Crippen LogP contribution in [0.3, 0.4) is 0 Å². The van der Waals surface area contributed by atoms with Crippen molar-refractivity contribution in [2.45, 2.75) is 413 Å². The Hall–Kier alpha value is 0.641. The molecule has 0 unspecified atom stereocenters. The Morgan fingerprint density at radius 3 is 1.40 bits per heavy atom. The fraction of sp³-hybridized carbons (Fsp3) is 0.973. The van der Waals surface area contributed by atoms with E-state index in [2.05, 4.69) is 251 Å². The van der Waals surface area contributed by atoms with Gasteiger partial charge >= 0.3 is 0 Å². The van der Waals surface area contributed by atoms with Gasteiger partial charge in [-0.15, -0.1) is 0 Å². The van der Waals surface area contributed by atoms with Gasteiger partial charge in [0.1, 0.15) is 36.6 Å². The van der Waals surface area contributed by atoms with Gasteiger partial charge < -0.3 is 45.5 Å². The van der Waals surface area contributed by atoms with Gasteiger partial charge in [-0.2, -0.15) is 0 Å². The van der Waals surface area contributed by atoms with Crippen molar-refractivity contribution in [2.75, 3.05) is 6.61 Å². The van der Waals surface area contributed by atoms with Crippen LogP contribution in [0.2, 0.25) is 109 Å². The Kier molecular flexibility index (Phi) is 24.7. The number of allylic oxidation sites excluding steroid dienone is 1. The molecule has 0 aromatic heterocycles. The Bertz CT molecular complexity index is 2420. The molecule has 2 aliphatic heterocycles. The first-order valence-electron chi connectivity index (χ1n) is 37.1. The average molecular weight is 1380 g/mol. The molecule has 0 spiro atoms. The quantitative estimate of drug-likeness (QED) is 0.0771. The lowest BCUT2D eigenvalue weighted by Gasteiger charge is -2.59. The van der Waals surface area contributed by atoms with Gasteiger partial charge in [0, 0.05) is 0 Å². The molecule has 10 nitrogen and oxygen atoms in total. The van der Waals surface area contributed by atoms with Crippen molar-refractivity contribution < 1.29 is 45.5 Å². The van der Waals surface area contributed by atoms with E-state index in [0.717, 1.165) is 48.9 Å². The molecule has 0 aromatic carbocycles. The van der Waals surface area contributed by atoms with Crippen LogP contribution in [-0.4, -0.2) is 124 Å². The highest BCUT2D eigenvalue weighted by Gasteiger charge is 2.63. The molecule has 6 rings (SSSR count). The molecule has 0 N–H and O–H groups in total. The molecule has 6 aliphatic rings. The Balaban J connectivity index is 1.54. The van der Waals surface area contributed by atoms with Crippen molar-refractivity contribution in [1.29, 1.82) is 0 Å². The molecule has 18 atom stereocenters. The van der Waals surface area contributed by atoms with Gasteiger partial charge in [-0.25, -0.2) is 0 Å². The fourth-order valence-corrected chi connectivity index (χ4v) is 22.8. The molecule has 2 heterocycles. The molecule has 3 saturated carbocycles. The van der Waals surface area contributed by atoms with Crippen LogP contribution in [0.15, 0.2) is 11.6 Å². The zero-order valence-electron chi connectivity index (χ0n) is 66.5. The lowest BCUT2D eigenvalue weighted by Crippen LogP contribution is -2.70. The van der Waals surface area contributed by atoms with Crippen LogP contribution < -0.4 is 0 Å². The second-order valence-electron chi connectivity index (χ2n) is 40.9. The summed E-state index contributed by atoms with van der Waals surface area (Å²) in [5.74, 6) is 4.69. The van der Waals surface area contributed by atoms with Crippen LogP contribution in [0.25, 0.3) is 0 Å². The minimum absolute atomic E-state index is 0.0249. The predicted molar refractivity (Wildman–Crippen MR) is 399 cm³/mol. The van der Waals surface area contributed by atoms with Crippen LogP contribution in [0.1, 0.15) is 237 Å². The smallest absolute Gasteiger partial charge is 0.192 e. The monoisotopic (exact) mass is 1380 g/mol. The number of hydrogen-bond donors (Lipinski definition) is 0. The van der Waals surface area contributed by atoms with Crippen LogP contribution in [-0.2, 0) is 45.5 Å². The van der Waals surface area contributed by atoms with Crippen molar-refractivity contribution in [2.24, 2.45) is 46.3 Å². The summed E-state index contributed by atoms with van der Waals surface area (Å²) in [6.07, 6.45) is 10.2. The second kappa shape index (κ2) is 27.9. The van der Waals surface area contributed by atoms with Crippen molar-refractivity contribution in [3.63, 3.8) is 0 Å². The Labute approximate surface area is 569 Å². The number of ether oxygens (including phenoxy) is 4. The van der Waals surface area contributed by atoms with Crippen LogP contribution >= 0.6 is 0 Å². The summed E-state index contributed by atoms with van der Waals surface area (Å²) < 4.78 is 78.5. The summed E-state index contributed by atoms with van der Waals surface area (Å²) in [7, 11) is -15.2. The highest BCUT2D eigenvalue weighted by atomic mass is 28.4. The van der Waals surface area contributed by atoms with E-state index in [0.29, 0.717) is 17.9 Å². The van der Waals surface area contributed by atoms with E-state index in [1.165, 1.54) is 51.4 Å². The van der Waals surface area contributed by atoms with Gasteiger partial charge in [0.05, 0.1) is 24.9 Å². The number of hydrogen-bond acceptors (Lipinski definition) is 10. The van der Waals surface area contributed by atoms with Crippen molar-refractivity contribution in [1.82, 2.24) is 0 Å². The summed E-state index contributed by atoms with van der Waals surface area (Å²) in [6.45, 7) is 85.7. The molecule has 0 bridgehead atoms. The molecule has 16 heteroatoms. The largest absolute Gasteiger partial charge is 0.414 e. The van der Waals surface area contributed by atoms with Crippen LogP contribution in [0, 0.1) is 46.3 Å². The SMILES string of the molecule is CC(C)CCC[C@@H](C)[C@H]1CC[C@H]2[C@@H]3CC=C4C[C@@H](O[C@@H]5O[C@H](CO[Si](C)(C)C(C)(C)C)[C@@H](O[Si](C)(C)C(C)(C)C)[C@H](O[Si](C)(C)C(C)(C)C)[C@H]5O[C@@H]5O[C@@H](C)[C@H](O[Si](C)(C)C(C)(C)C)[C@@H](O[Si](C)(C)C(C)(C)C)[C@H]5O[Si](C)(C)C(C)(C)C)CC[C@]4(C)[C@H]3CC[C@]12C. The number of fused-ring (bicyclic) bond motifs is 5. The van der Waals surface area contributed by atoms with Gasteiger partial charge in [-0.05, 0) is 213 Å². The Morgan fingerprint density at radius 2 is 0.923 bits per heavy atom. The molecule has 0 radical (unpaired) electrons. The predicted octanol–water partition coefficient (Wildman–Crippen LogP) is 22.2. The normalized spacial score (nSPS) is 35.2. The van der Waals surface area contributed by atoms with Gasteiger partial charge in [-0.3, -0.25) is 0 Å². The molecule has 0 aromatic rings. The van der Waals surface area contributed by atoms with Crippen molar-refractivity contribution in [3.05, 3.63) is 11.6 Å². The maximum atomic E-state index is 8.16. The second-order valence-corrected chi connectivity index (χ2v) is 69.5. The third-order valence-corrected chi connectivity index (χ3v) is 54.7. The van der Waals surface area contributed by atoms with Gasteiger partial charge in [0.15, 0.2) is 62.5 Å². The summed E-state index contributed by atoms with van der Waals surface area (Å²) in [5, 5.41) is -0.602. The van der Waals surface area contributed by atoms with Gasteiger partial charge in [0.2, 0.25) is 0 Å². The summed E-state index contributed by atoms with van der Waals surface area (Å²) in [6, 6.07) is 0.